The summed E-state index contributed by atoms with van der Waals surface area (Å²) in [5.74, 6) is 0.812. The summed E-state index contributed by atoms with van der Waals surface area (Å²) < 4.78 is 5.56. The Morgan fingerprint density at radius 3 is 2.55 bits per heavy atom. The van der Waals surface area contributed by atoms with Gasteiger partial charge in [0.05, 0.1) is 0 Å². The van der Waals surface area contributed by atoms with Crippen molar-refractivity contribution in [3.8, 4) is 5.75 Å². The SMILES string of the molecule is O=C(COc1ccccc1)NC[C@@]12CCC[C@H]1N(Cc1ccccc1)C(=O)CC2. The molecule has 1 saturated carbocycles. The Bertz CT molecular complexity index is 840. The van der Waals surface area contributed by atoms with Gasteiger partial charge in [0.15, 0.2) is 6.61 Å². The van der Waals surface area contributed by atoms with E-state index in [9.17, 15) is 9.59 Å². The minimum Gasteiger partial charge on any atom is -0.484 e. The van der Waals surface area contributed by atoms with E-state index in [0.29, 0.717) is 25.3 Å². The third-order valence-corrected chi connectivity index (χ3v) is 6.34. The second-order valence-corrected chi connectivity index (χ2v) is 8.16. The first-order valence-corrected chi connectivity index (χ1v) is 10.4. The van der Waals surface area contributed by atoms with Crippen molar-refractivity contribution >= 4 is 11.8 Å². The maximum absolute atomic E-state index is 12.7. The van der Waals surface area contributed by atoms with E-state index in [1.54, 1.807) is 0 Å². The minimum absolute atomic E-state index is 0.0113. The number of hydrogen-bond donors (Lipinski definition) is 1. The van der Waals surface area contributed by atoms with E-state index in [4.69, 9.17) is 4.74 Å². The quantitative estimate of drug-likeness (QED) is 0.784. The number of hydrogen-bond acceptors (Lipinski definition) is 3. The van der Waals surface area contributed by atoms with Gasteiger partial charge in [0.25, 0.3) is 5.91 Å². The number of nitrogens with zero attached hydrogens (tertiary/aromatic N) is 1. The first kappa shape index (κ1) is 19.5. The van der Waals surface area contributed by atoms with E-state index >= 15 is 0 Å². The molecule has 2 aromatic carbocycles. The van der Waals surface area contributed by atoms with Gasteiger partial charge >= 0.3 is 0 Å². The molecule has 29 heavy (non-hydrogen) atoms. The number of likely N-dealkylation sites (tertiary alicyclic amines) is 1. The molecule has 0 spiro atoms. The Balaban J connectivity index is 1.38. The van der Waals surface area contributed by atoms with Gasteiger partial charge in [-0.1, -0.05) is 55.0 Å². The number of para-hydroxylation sites is 1. The molecule has 1 aliphatic carbocycles. The van der Waals surface area contributed by atoms with Crippen molar-refractivity contribution in [3.05, 3.63) is 66.2 Å². The molecule has 2 aliphatic rings. The van der Waals surface area contributed by atoms with Crippen molar-refractivity contribution in [3.63, 3.8) is 0 Å². The van der Waals surface area contributed by atoms with Crippen molar-refractivity contribution < 1.29 is 14.3 Å². The fraction of sp³-hybridized carbons (Fsp3) is 0.417. The number of nitrogens with one attached hydrogen (secondary N) is 1. The lowest BCUT2D eigenvalue weighted by molar-refractivity contribution is -0.143. The van der Waals surface area contributed by atoms with E-state index in [-0.39, 0.29) is 29.9 Å². The smallest absolute Gasteiger partial charge is 0.257 e. The van der Waals surface area contributed by atoms with Crippen LogP contribution in [-0.4, -0.2) is 35.9 Å². The number of carbonyl (C=O) groups is 2. The van der Waals surface area contributed by atoms with Crippen LogP contribution in [0.2, 0.25) is 0 Å². The standard InChI is InChI=1S/C24H28N2O3/c27-22(17-29-20-10-5-2-6-11-20)25-18-24-14-7-12-21(24)26(23(28)13-15-24)16-19-8-3-1-4-9-19/h1-6,8-11,21H,7,12-18H2,(H,25,27)/t21-,24+/m1/s1. The lowest BCUT2D eigenvalue weighted by Crippen LogP contribution is -2.55. The van der Waals surface area contributed by atoms with Gasteiger partial charge in [0, 0.05) is 31.0 Å². The Morgan fingerprint density at radius 2 is 1.79 bits per heavy atom. The number of amides is 2. The molecule has 2 fully saturated rings. The Morgan fingerprint density at radius 1 is 1.07 bits per heavy atom. The lowest BCUT2D eigenvalue weighted by Gasteiger charge is -2.46. The first-order valence-electron chi connectivity index (χ1n) is 10.4. The third kappa shape index (κ3) is 4.44. The third-order valence-electron chi connectivity index (χ3n) is 6.34. The molecule has 4 rings (SSSR count). The van der Waals surface area contributed by atoms with E-state index in [1.165, 1.54) is 0 Å². The average Bonchev–Trinajstić information content (AvgIpc) is 3.19. The molecule has 152 valence electrons. The Labute approximate surface area is 172 Å². The highest BCUT2D eigenvalue weighted by Gasteiger charge is 2.50. The molecule has 5 heteroatoms. The zero-order valence-corrected chi connectivity index (χ0v) is 16.7. The first-order chi connectivity index (χ1) is 14.2. The molecule has 2 aromatic rings. The zero-order chi connectivity index (χ0) is 20.1. The number of ether oxygens (including phenoxy) is 1. The summed E-state index contributed by atoms with van der Waals surface area (Å²) in [6.45, 7) is 1.27. The van der Waals surface area contributed by atoms with E-state index in [1.807, 2.05) is 48.5 Å². The summed E-state index contributed by atoms with van der Waals surface area (Å²) in [6, 6.07) is 19.7. The average molecular weight is 392 g/mol. The summed E-state index contributed by atoms with van der Waals surface area (Å²) in [6.07, 6.45) is 4.56. The molecular weight excluding hydrogens is 364 g/mol. The highest BCUT2D eigenvalue weighted by molar-refractivity contribution is 5.79. The van der Waals surface area contributed by atoms with Crippen LogP contribution in [0, 0.1) is 5.41 Å². The number of carbonyl (C=O) groups excluding carboxylic acids is 2. The summed E-state index contributed by atoms with van der Waals surface area (Å²) in [5.41, 5.74) is 1.13. The minimum atomic E-state index is -0.111. The van der Waals surface area contributed by atoms with Gasteiger partial charge in [0.1, 0.15) is 5.75 Å². The van der Waals surface area contributed by atoms with Crippen LogP contribution in [0.3, 0.4) is 0 Å². The van der Waals surface area contributed by atoms with Crippen molar-refractivity contribution in [2.45, 2.75) is 44.7 Å². The Kier molecular flexibility index (Phi) is 5.84. The maximum atomic E-state index is 12.7. The molecule has 1 saturated heterocycles. The van der Waals surface area contributed by atoms with Crippen molar-refractivity contribution in [2.75, 3.05) is 13.2 Å². The molecular formula is C24H28N2O3. The topological polar surface area (TPSA) is 58.6 Å². The van der Waals surface area contributed by atoms with Gasteiger partial charge in [-0.25, -0.2) is 0 Å². The molecule has 1 N–H and O–H groups in total. The Hall–Kier alpha value is -2.82. The van der Waals surface area contributed by atoms with Crippen LogP contribution in [0.5, 0.6) is 5.75 Å². The van der Waals surface area contributed by atoms with Crippen LogP contribution in [0.15, 0.2) is 60.7 Å². The highest BCUT2D eigenvalue weighted by Crippen LogP contribution is 2.48. The van der Waals surface area contributed by atoms with Crippen LogP contribution < -0.4 is 10.1 Å². The fourth-order valence-corrected chi connectivity index (χ4v) is 4.84. The van der Waals surface area contributed by atoms with Gasteiger partial charge in [-0.15, -0.1) is 0 Å². The normalized spacial score (nSPS) is 23.5. The van der Waals surface area contributed by atoms with Gasteiger partial charge in [-0.3, -0.25) is 9.59 Å². The monoisotopic (exact) mass is 392 g/mol. The molecule has 0 unspecified atom stereocenters. The van der Waals surface area contributed by atoms with Crippen LogP contribution in [0.4, 0.5) is 0 Å². The summed E-state index contributed by atoms with van der Waals surface area (Å²) >= 11 is 0. The van der Waals surface area contributed by atoms with Crippen molar-refractivity contribution in [2.24, 2.45) is 5.41 Å². The van der Waals surface area contributed by atoms with Gasteiger partial charge < -0.3 is 15.0 Å². The van der Waals surface area contributed by atoms with Gasteiger partial charge in [-0.05, 0) is 37.0 Å². The van der Waals surface area contributed by atoms with Crippen molar-refractivity contribution in [1.82, 2.24) is 10.2 Å². The highest BCUT2D eigenvalue weighted by atomic mass is 16.5. The van der Waals surface area contributed by atoms with E-state index in [2.05, 4.69) is 22.3 Å². The summed E-state index contributed by atoms with van der Waals surface area (Å²) in [4.78, 5) is 27.1. The number of piperidine rings is 1. The molecule has 0 bridgehead atoms. The maximum Gasteiger partial charge on any atom is 0.257 e. The van der Waals surface area contributed by atoms with E-state index in [0.717, 1.165) is 31.2 Å². The second kappa shape index (κ2) is 8.68. The molecule has 1 aliphatic heterocycles. The molecule has 2 atom stereocenters. The molecule has 1 heterocycles. The zero-order valence-electron chi connectivity index (χ0n) is 16.7. The molecule has 2 amide bonds. The number of rotatable bonds is 7. The summed E-state index contributed by atoms with van der Waals surface area (Å²) in [7, 11) is 0. The molecule has 5 nitrogen and oxygen atoms in total. The second-order valence-electron chi connectivity index (χ2n) is 8.16. The van der Waals surface area contributed by atoms with E-state index < -0.39 is 0 Å². The van der Waals surface area contributed by atoms with Crippen LogP contribution in [-0.2, 0) is 16.1 Å². The molecule has 0 aromatic heterocycles. The van der Waals surface area contributed by atoms with Crippen LogP contribution in [0.25, 0.3) is 0 Å². The van der Waals surface area contributed by atoms with Crippen molar-refractivity contribution in [1.29, 1.82) is 0 Å². The predicted octanol–water partition coefficient (Wildman–Crippen LogP) is 3.54. The van der Waals surface area contributed by atoms with Crippen LogP contribution in [0.1, 0.15) is 37.7 Å². The number of benzene rings is 2. The predicted molar refractivity (Wildman–Crippen MR) is 111 cm³/mol. The largest absolute Gasteiger partial charge is 0.484 e. The molecule has 0 radical (unpaired) electrons. The summed E-state index contributed by atoms with van der Waals surface area (Å²) in [5, 5.41) is 3.08. The fourth-order valence-electron chi connectivity index (χ4n) is 4.84. The van der Waals surface area contributed by atoms with Crippen LogP contribution >= 0.6 is 0 Å². The van der Waals surface area contributed by atoms with Gasteiger partial charge in [-0.2, -0.15) is 0 Å². The van der Waals surface area contributed by atoms with Gasteiger partial charge in [0.2, 0.25) is 5.91 Å². The number of fused-ring (bicyclic) bond motifs is 1. The lowest BCUT2D eigenvalue weighted by atomic mass is 9.74.